The molecule has 0 bridgehead atoms. The lowest BCUT2D eigenvalue weighted by molar-refractivity contribution is -0.137. The quantitative estimate of drug-likeness (QED) is 0.890. The smallest absolute Gasteiger partial charge is 0.352 e. The molecule has 1 aliphatic rings. The van der Waals surface area contributed by atoms with Crippen molar-refractivity contribution in [3.05, 3.63) is 71.3 Å². The van der Waals surface area contributed by atoms with Gasteiger partial charge >= 0.3 is 6.18 Å². The minimum atomic E-state index is -4.38. The van der Waals surface area contributed by atoms with Crippen molar-refractivity contribution in [2.75, 3.05) is 13.1 Å². The zero-order chi connectivity index (χ0) is 17.9. The summed E-state index contributed by atoms with van der Waals surface area (Å²) in [5.74, 6) is -0.790. The van der Waals surface area contributed by atoms with Crippen LogP contribution in [-0.4, -0.2) is 19.0 Å². The van der Waals surface area contributed by atoms with Crippen LogP contribution in [0.4, 0.5) is 13.2 Å². The third-order valence-corrected chi connectivity index (χ3v) is 4.50. The average Bonchev–Trinajstić information content (AvgIpc) is 3.10. The second-order valence-electron chi connectivity index (χ2n) is 6.20. The van der Waals surface area contributed by atoms with Gasteiger partial charge in [0.15, 0.2) is 0 Å². The number of carbonyl (C=O) groups is 1. The standard InChI is InChI=1S/C19H19F3N2O/c20-19(21,22)15-8-4-7-14(9-15)16-11-23-12-17(16)18(25)24-10-13-5-2-1-3-6-13/h1-9,16-17,23H,10-12H2,(H,24,25). The Labute approximate surface area is 144 Å². The van der Waals surface area contributed by atoms with Gasteiger partial charge in [0, 0.05) is 25.6 Å². The number of nitrogens with one attached hydrogen (secondary N) is 2. The third-order valence-electron chi connectivity index (χ3n) is 4.50. The molecule has 2 unspecified atom stereocenters. The van der Waals surface area contributed by atoms with E-state index in [-0.39, 0.29) is 17.7 Å². The molecule has 0 saturated carbocycles. The molecule has 2 aromatic rings. The van der Waals surface area contributed by atoms with Gasteiger partial charge in [-0.1, -0.05) is 48.5 Å². The predicted molar refractivity (Wildman–Crippen MR) is 88.8 cm³/mol. The molecule has 132 valence electrons. The molecule has 1 saturated heterocycles. The number of halogens is 3. The number of hydrogen-bond donors (Lipinski definition) is 2. The van der Waals surface area contributed by atoms with Crippen LogP contribution < -0.4 is 10.6 Å². The van der Waals surface area contributed by atoms with E-state index in [1.54, 1.807) is 6.07 Å². The minimum Gasteiger partial charge on any atom is -0.352 e. The number of carbonyl (C=O) groups excluding carboxylic acids is 1. The largest absolute Gasteiger partial charge is 0.416 e. The van der Waals surface area contributed by atoms with E-state index in [4.69, 9.17) is 0 Å². The summed E-state index contributed by atoms with van der Waals surface area (Å²) < 4.78 is 38.8. The summed E-state index contributed by atoms with van der Waals surface area (Å²) in [4.78, 5) is 12.5. The fraction of sp³-hybridized carbons (Fsp3) is 0.316. The average molecular weight is 348 g/mol. The summed E-state index contributed by atoms with van der Waals surface area (Å²) in [6, 6.07) is 14.8. The summed E-state index contributed by atoms with van der Waals surface area (Å²) in [7, 11) is 0. The van der Waals surface area contributed by atoms with Gasteiger partial charge in [0.2, 0.25) is 5.91 Å². The first-order valence-electron chi connectivity index (χ1n) is 8.14. The Kier molecular flexibility index (Phi) is 5.08. The molecule has 1 amide bonds. The molecule has 0 spiro atoms. The highest BCUT2D eigenvalue weighted by atomic mass is 19.4. The first kappa shape index (κ1) is 17.5. The molecule has 25 heavy (non-hydrogen) atoms. The topological polar surface area (TPSA) is 41.1 Å². The zero-order valence-corrected chi connectivity index (χ0v) is 13.5. The van der Waals surface area contributed by atoms with Crippen molar-refractivity contribution in [3.8, 4) is 0 Å². The Hall–Kier alpha value is -2.34. The van der Waals surface area contributed by atoms with Crippen LogP contribution in [0, 0.1) is 5.92 Å². The Bertz CT molecular complexity index is 731. The van der Waals surface area contributed by atoms with Crippen molar-refractivity contribution < 1.29 is 18.0 Å². The van der Waals surface area contributed by atoms with Crippen molar-refractivity contribution in [2.45, 2.75) is 18.6 Å². The lowest BCUT2D eigenvalue weighted by Crippen LogP contribution is -2.34. The normalized spacial score (nSPS) is 20.4. The van der Waals surface area contributed by atoms with E-state index in [9.17, 15) is 18.0 Å². The van der Waals surface area contributed by atoms with Gasteiger partial charge in [-0.25, -0.2) is 0 Å². The van der Waals surface area contributed by atoms with Crippen molar-refractivity contribution in [3.63, 3.8) is 0 Å². The molecule has 3 nitrogen and oxygen atoms in total. The van der Waals surface area contributed by atoms with Crippen molar-refractivity contribution in [2.24, 2.45) is 5.92 Å². The predicted octanol–water partition coefficient (Wildman–Crippen LogP) is 3.32. The second kappa shape index (κ2) is 7.27. The molecular formula is C19H19F3N2O. The zero-order valence-electron chi connectivity index (χ0n) is 13.5. The number of benzene rings is 2. The van der Waals surface area contributed by atoms with E-state index in [2.05, 4.69) is 10.6 Å². The van der Waals surface area contributed by atoms with Gasteiger partial charge < -0.3 is 10.6 Å². The Morgan fingerprint density at radius 3 is 2.56 bits per heavy atom. The molecule has 1 heterocycles. The van der Waals surface area contributed by atoms with Crippen molar-refractivity contribution >= 4 is 5.91 Å². The number of hydrogen-bond acceptors (Lipinski definition) is 2. The second-order valence-corrected chi connectivity index (χ2v) is 6.20. The van der Waals surface area contributed by atoms with Gasteiger partial charge in [0.05, 0.1) is 11.5 Å². The minimum absolute atomic E-state index is 0.142. The molecule has 1 aliphatic heterocycles. The molecule has 3 rings (SSSR count). The van der Waals surface area contributed by atoms with E-state index in [0.29, 0.717) is 25.2 Å². The van der Waals surface area contributed by atoms with Gasteiger partial charge in [-0.2, -0.15) is 13.2 Å². The first-order valence-corrected chi connectivity index (χ1v) is 8.14. The van der Waals surface area contributed by atoms with E-state index in [1.165, 1.54) is 6.07 Å². The molecule has 6 heteroatoms. The number of amides is 1. The van der Waals surface area contributed by atoms with Crippen molar-refractivity contribution in [1.29, 1.82) is 0 Å². The lowest BCUT2D eigenvalue weighted by atomic mass is 9.87. The maximum Gasteiger partial charge on any atom is 0.416 e. The maximum atomic E-state index is 12.9. The van der Waals surface area contributed by atoms with Crippen LogP contribution in [0.3, 0.4) is 0 Å². The van der Waals surface area contributed by atoms with E-state index in [1.807, 2.05) is 30.3 Å². The fourth-order valence-electron chi connectivity index (χ4n) is 3.17. The number of alkyl halides is 3. The van der Waals surface area contributed by atoms with E-state index < -0.39 is 11.7 Å². The highest BCUT2D eigenvalue weighted by molar-refractivity contribution is 5.80. The van der Waals surface area contributed by atoms with Gasteiger partial charge in [0.25, 0.3) is 0 Å². The molecule has 1 fully saturated rings. The molecule has 0 radical (unpaired) electrons. The fourth-order valence-corrected chi connectivity index (χ4v) is 3.17. The summed E-state index contributed by atoms with van der Waals surface area (Å²) in [6.45, 7) is 1.36. The molecular weight excluding hydrogens is 329 g/mol. The summed E-state index contributed by atoms with van der Waals surface area (Å²) in [6.07, 6.45) is -4.38. The van der Waals surface area contributed by atoms with Crippen LogP contribution in [0.1, 0.15) is 22.6 Å². The molecule has 2 N–H and O–H groups in total. The first-order chi connectivity index (χ1) is 11.9. The molecule has 2 aromatic carbocycles. The van der Waals surface area contributed by atoms with Gasteiger partial charge in [-0.05, 0) is 17.2 Å². The van der Waals surface area contributed by atoms with Crippen LogP contribution in [0.5, 0.6) is 0 Å². The molecule has 0 aromatic heterocycles. The molecule has 2 atom stereocenters. The van der Waals surface area contributed by atoms with E-state index in [0.717, 1.165) is 17.7 Å². The highest BCUT2D eigenvalue weighted by Gasteiger charge is 2.36. The van der Waals surface area contributed by atoms with Crippen LogP contribution >= 0.6 is 0 Å². The summed E-state index contributed by atoms with van der Waals surface area (Å²) >= 11 is 0. The van der Waals surface area contributed by atoms with E-state index >= 15 is 0 Å². The Morgan fingerprint density at radius 2 is 1.84 bits per heavy atom. The van der Waals surface area contributed by atoms with Gasteiger partial charge in [-0.15, -0.1) is 0 Å². The third kappa shape index (κ3) is 4.20. The maximum absolute atomic E-state index is 12.9. The Balaban J connectivity index is 1.71. The van der Waals surface area contributed by atoms with Crippen molar-refractivity contribution in [1.82, 2.24) is 10.6 Å². The van der Waals surface area contributed by atoms with Gasteiger partial charge in [-0.3, -0.25) is 4.79 Å². The summed E-state index contributed by atoms with van der Waals surface area (Å²) in [5.41, 5.74) is 0.845. The lowest BCUT2D eigenvalue weighted by Gasteiger charge is -2.20. The van der Waals surface area contributed by atoms with Gasteiger partial charge in [0.1, 0.15) is 0 Å². The van der Waals surface area contributed by atoms with Crippen LogP contribution in [-0.2, 0) is 17.5 Å². The molecule has 0 aliphatic carbocycles. The Morgan fingerprint density at radius 1 is 1.08 bits per heavy atom. The van der Waals surface area contributed by atoms with Crippen LogP contribution in [0.25, 0.3) is 0 Å². The number of rotatable bonds is 4. The SMILES string of the molecule is O=C(NCc1ccccc1)C1CNCC1c1cccc(C(F)(F)F)c1. The van der Waals surface area contributed by atoms with Crippen LogP contribution in [0.2, 0.25) is 0 Å². The highest BCUT2D eigenvalue weighted by Crippen LogP contribution is 2.34. The summed E-state index contributed by atoms with van der Waals surface area (Å²) in [5, 5.41) is 6.00. The monoisotopic (exact) mass is 348 g/mol. The van der Waals surface area contributed by atoms with Crippen LogP contribution in [0.15, 0.2) is 54.6 Å².